The fourth-order valence-corrected chi connectivity index (χ4v) is 3.77. The average Bonchev–Trinajstić information content (AvgIpc) is 3.06. The third kappa shape index (κ3) is 4.12. The summed E-state index contributed by atoms with van der Waals surface area (Å²) in [5.41, 5.74) is 3.76. The first kappa shape index (κ1) is 18.6. The molecule has 0 aliphatic carbocycles. The number of pyridine rings is 1. The summed E-state index contributed by atoms with van der Waals surface area (Å²) in [6.45, 7) is 4.12. The Bertz CT molecular complexity index is 980. The van der Waals surface area contributed by atoms with E-state index in [9.17, 15) is 5.11 Å². The molecule has 3 nitrogen and oxygen atoms in total. The molecule has 0 amide bonds. The number of benzene rings is 1. The summed E-state index contributed by atoms with van der Waals surface area (Å²) < 4.78 is 2.40. The summed E-state index contributed by atoms with van der Waals surface area (Å²) in [5, 5.41) is 14.1. The Balaban J connectivity index is 2.03. The zero-order chi connectivity index (χ0) is 18.7. The second-order valence-corrected chi connectivity index (χ2v) is 7.96. The van der Waals surface area contributed by atoms with Crippen LogP contribution in [0.3, 0.4) is 0 Å². The fourth-order valence-electron chi connectivity index (χ4n) is 2.46. The largest absolute Gasteiger partial charge is 0.501 e. The average molecular weight is 402 g/mol. The Morgan fingerprint density at radius 2 is 1.81 bits per heavy atom. The lowest BCUT2D eigenvalue weighted by molar-refractivity contribution is -0.575. The number of aromatic nitrogens is 1. The first-order valence-electron chi connectivity index (χ1n) is 8.00. The lowest BCUT2D eigenvalue weighted by Gasteiger charge is -2.10. The molecule has 0 saturated carbocycles. The number of aliphatic hydroxyl groups is 1. The molecule has 1 aromatic carbocycles. The van der Waals surface area contributed by atoms with Crippen LogP contribution >= 0.6 is 35.2 Å². The van der Waals surface area contributed by atoms with Crippen molar-refractivity contribution < 1.29 is 9.67 Å². The number of rotatable bonds is 4. The molecule has 0 fully saturated rings. The van der Waals surface area contributed by atoms with Gasteiger partial charge in [-0.05, 0) is 49.2 Å². The molecule has 3 aromatic rings. The number of nitrogens with zero attached hydrogens (tertiary/aromatic N) is 1. The van der Waals surface area contributed by atoms with Crippen molar-refractivity contribution in [2.24, 2.45) is 0 Å². The minimum Gasteiger partial charge on any atom is -0.501 e. The highest BCUT2D eigenvalue weighted by molar-refractivity contribution is 7.81. The van der Waals surface area contributed by atoms with Gasteiger partial charge >= 0.3 is 0 Å². The molecule has 0 bridgehead atoms. The van der Waals surface area contributed by atoms with E-state index in [4.69, 9.17) is 23.8 Å². The number of hydrogen-bond acceptors (Lipinski definition) is 3. The van der Waals surface area contributed by atoms with Crippen molar-refractivity contribution >= 4 is 57.3 Å². The van der Waals surface area contributed by atoms with Crippen LogP contribution in [0.25, 0.3) is 11.5 Å². The van der Waals surface area contributed by atoms with Crippen LogP contribution in [-0.4, -0.2) is 10.1 Å². The van der Waals surface area contributed by atoms with Crippen LogP contribution in [0.2, 0.25) is 4.34 Å². The minimum absolute atomic E-state index is 0.0828. The summed E-state index contributed by atoms with van der Waals surface area (Å²) in [7, 11) is 0. The predicted octanol–water partition coefficient (Wildman–Crippen LogP) is 5.63. The van der Waals surface area contributed by atoms with Gasteiger partial charge in [0.05, 0.1) is 9.21 Å². The fraction of sp³-hybridized carbons (Fsp3) is 0.100. The van der Waals surface area contributed by atoms with E-state index >= 15 is 0 Å². The van der Waals surface area contributed by atoms with E-state index in [2.05, 4.69) is 19.2 Å². The van der Waals surface area contributed by atoms with Gasteiger partial charge in [-0.2, -0.15) is 4.57 Å². The summed E-state index contributed by atoms with van der Waals surface area (Å²) in [4.78, 5) is 1.08. The number of aryl methyl sites for hydroxylation is 2. The number of aliphatic hydroxyl groups excluding tert-OH is 1. The van der Waals surface area contributed by atoms with Gasteiger partial charge in [-0.15, -0.1) is 11.3 Å². The highest BCUT2D eigenvalue weighted by Gasteiger charge is 2.24. The van der Waals surface area contributed by atoms with E-state index in [0.29, 0.717) is 19.9 Å². The smallest absolute Gasteiger partial charge is 0.289 e. The Morgan fingerprint density at radius 3 is 2.42 bits per heavy atom. The van der Waals surface area contributed by atoms with Gasteiger partial charge in [0, 0.05) is 17.8 Å². The van der Waals surface area contributed by atoms with Gasteiger partial charge in [-0.3, -0.25) is 0 Å². The zero-order valence-corrected chi connectivity index (χ0v) is 16.8. The molecule has 3 rings (SSSR count). The molecule has 2 aromatic heterocycles. The van der Waals surface area contributed by atoms with Crippen molar-refractivity contribution in [2.45, 2.75) is 13.8 Å². The number of thiocarbonyl (C=S) groups is 1. The number of halogens is 1. The number of nitrogens with one attached hydrogen (secondary N) is 1. The number of anilines is 1. The Labute approximate surface area is 167 Å². The van der Waals surface area contributed by atoms with Crippen molar-refractivity contribution in [3.05, 3.63) is 81.3 Å². The third-order valence-electron chi connectivity index (χ3n) is 3.98. The van der Waals surface area contributed by atoms with Crippen LogP contribution in [-0.2, 0) is 0 Å². The van der Waals surface area contributed by atoms with Crippen molar-refractivity contribution in [1.29, 1.82) is 0 Å². The van der Waals surface area contributed by atoms with Crippen molar-refractivity contribution in [1.82, 2.24) is 0 Å². The molecule has 6 heteroatoms. The van der Waals surface area contributed by atoms with Crippen molar-refractivity contribution in [3.63, 3.8) is 0 Å². The monoisotopic (exact) mass is 401 g/mol. The maximum atomic E-state index is 10.9. The van der Waals surface area contributed by atoms with Crippen molar-refractivity contribution in [2.75, 3.05) is 5.32 Å². The Morgan fingerprint density at radius 1 is 1.08 bits per heavy atom. The third-order valence-corrected chi connectivity index (χ3v) is 5.52. The molecule has 0 radical (unpaired) electrons. The predicted molar refractivity (Wildman–Crippen MR) is 114 cm³/mol. The quantitative estimate of drug-likeness (QED) is 0.257. The lowest BCUT2D eigenvalue weighted by atomic mass is 10.1. The second kappa shape index (κ2) is 7.99. The topological polar surface area (TPSA) is 36.1 Å². The molecule has 0 aliphatic rings. The van der Waals surface area contributed by atoms with Gasteiger partial charge in [0.15, 0.2) is 17.4 Å². The van der Waals surface area contributed by atoms with E-state index in [1.165, 1.54) is 22.5 Å². The van der Waals surface area contributed by atoms with Gasteiger partial charge in [-0.25, -0.2) is 0 Å². The molecule has 0 aliphatic heterocycles. The van der Waals surface area contributed by atoms with Gasteiger partial charge in [0.25, 0.3) is 5.70 Å². The van der Waals surface area contributed by atoms with Gasteiger partial charge < -0.3 is 10.4 Å². The van der Waals surface area contributed by atoms with Gasteiger partial charge in [0.1, 0.15) is 0 Å². The standard InChI is InChI=1S/C20H17ClN2OS2/c1-13-6-7-15(12-14(13)2)22-20(25)18(23-10-4-3-5-11-23)19(24)16-8-9-17(21)26-16/h3-12H,1-2H3,(H-,22,24,25)/p+1. The van der Waals surface area contributed by atoms with Crippen LogP contribution in [0.15, 0.2) is 60.9 Å². The Kier molecular flexibility index (Phi) is 5.71. The lowest BCUT2D eigenvalue weighted by Crippen LogP contribution is -2.38. The van der Waals surface area contributed by atoms with Crippen molar-refractivity contribution in [3.8, 4) is 0 Å². The SMILES string of the molecule is Cc1ccc(NC(=S)/C(=C(\O)c2ccc(Cl)s2)[n+]2ccccc2)cc1C. The molecule has 0 saturated heterocycles. The number of thiophene rings is 1. The zero-order valence-electron chi connectivity index (χ0n) is 14.4. The molecular weight excluding hydrogens is 384 g/mol. The molecule has 2 heterocycles. The van der Waals surface area contributed by atoms with Crippen LogP contribution in [0.4, 0.5) is 5.69 Å². The summed E-state index contributed by atoms with van der Waals surface area (Å²) >= 11 is 13.0. The van der Waals surface area contributed by atoms with Crippen LogP contribution in [0, 0.1) is 13.8 Å². The molecule has 0 atom stereocenters. The summed E-state index contributed by atoms with van der Waals surface area (Å²) in [6, 6.07) is 15.3. The first-order chi connectivity index (χ1) is 12.5. The van der Waals surface area contributed by atoms with E-state index < -0.39 is 0 Å². The van der Waals surface area contributed by atoms with Crippen LogP contribution < -0.4 is 9.88 Å². The summed E-state index contributed by atoms with van der Waals surface area (Å²) in [6.07, 6.45) is 3.68. The summed E-state index contributed by atoms with van der Waals surface area (Å²) in [5.74, 6) is 0.0828. The molecule has 0 spiro atoms. The normalized spacial score (nSPS) is 11.8. The van der Waals surface area contributed by atoms with Gasteiger partial charge in [-0.1, -0.05) is 36.0 Å². The molecular formula is C20H18ClN2OS2+. The highest BCUT2D eigenvalue weighted by atomic mass is 35.5. The minimum atomic E-state index is 0.0828. The van der Waals surface area contributed by atoms with E-state index in [1.807, 2.05) is 48.8 Å². The maximum absolute atomic E-state index is 10.9. The Hall–Kier alpha value is -2.21. The molecule has 0 unspecified atom stereocenters. The first-order valence-corrected chi connectivity index (χ1v) is 9.60. The highest BCUT2D eigenvalue weighted by Crippen LogP contribution is 2.29. The molecule has 132 valence electrons. The molecule has 26 heavy (non-hydrogen) atoms. The molecule has 2 N–H and O–H groups in total. The van der Waals surface area contributed by atoms with E-state index in [-0.39, 0.29) is 5.76 Å². The van der Waals surface area contributed by atoms with E-state index in [1.54, 1.807) is 16.7 Å². The maximum Gasteiger partial charge on any atom is 0.289 e. The van der Waals surface area contributed by atoms with Gasteiger partial charge in [0.2, 0.25) is 5.76 Å². The van der Waals surface area contributed by atoms with Crippen LogP contribution in [0.5, 0.6) is 0 Å². The number of hydrogen-bond donors (Lipinski definition) is 2. The van der Waals surface area contributed by atoms with E-state index in [0.717, 1.165) is 5.69 Å². The van der Waals surface area contributed by atoms with Crippen LogP contribution in [0.1, 0.15) is 16.0 Å². The second-order valence-electron chi connectivity index (χ2n) is 5.84.